The summed E-state index contributed by atoms with van der Waals surface area (Å²) >= 11 is 11.1. The van der Waals surface area contributed by atoms with Gasteiger partial charge in [-0.3, -0.25) is 20.2 Å². The molecule has 0 aromatic heterocycles. The Morgan fingerprint density at radius 2 is 2.04 bits per heavy atom. The minimum absolute atomic E-state index is 0.00317. The zero-order valence-electron chi connectivity index (χ0n) is 14.9. The van der Waals surface area contributed by atoms with Gasteiger partial charge in [0.2, 0.25) is 0 Å². The third kappa shape index (κ3) is 6.45. The Labute approximate surface area is 171 Å². The highest BCUT2D eigenvalue weighted by Gasteiger charge is 2.13. The Bertz CT molecular complexity index is 878. The summed E-state index contributed by atoms with van der Waals surface area (Å²) in [6.45, 7) is 3.33. The van der Waals surface area contributed by atoms with Gasteiger partial charge in [-0.1, -0.05) is 17.7 Å². The Hall–Kier alpha value is -2.75. The Kier molecular flexibility index (Phi) is 8.12. The molecule has 2 N–H and O–H groups in total. The quantitative estimate of drug-likeness (QED) is 0.288. The largest absolute Gasteiger partial charge is 0.491 e. The lowest BCUT2D eigenvalue weighted by Crippen LogP contribution is -2.34. The van der Waals surface area contributed by atoms with Gasteiger partial charge in [0.1, 0.15) is 12.4 Å². The summed E-state index contributed by atoms with van der Waals surface area (Å²) < 4.78 is 10.7. The molecule has 0 fully saturated rings. The fraction of sp³-hybridized carbons (Fsp3) is 0.222. The third-order valence-electron chi connectivity index (χ3n) is 3.44. The average molecular weight is 424 g/mol. The molecule has 0 radical (unpaired) electrons. The lowest BCUT2D eigenvalue weighted by Gasteiger charge is -2.12. The molecule has 10 heteroatoms. The van der Waals surface area contributed by atoms with Crippen LogP contribution < -0.4 is 15.4 Å². The van der Waals surface area contributed by atoms with Crippen LogP contribution in [0.15, 0.2) is 42.5 Å². The number of hydrogen-bond acceptors (Lipinski definition) is 6. The Morgan fingerprint density at radius 3 is 2.71 bits per heavy atom. The number of hydrogen-bond donors (Lipinski definition) is 2. The first-order valence-corrected chi connectivity index (χ1v) is 9.06. The van der Waals surface area contributed by atoms with E-state index in [9.17, 15) is 14.9 Å². The standard InChI is InChI=1S/C18H18ClN3O5S/c1-2-26-8-9-27-14-5-3-4-12(10-14)17(23)21-18(28)20-16-7-6-13(22(24)25)11-15(16)19/h3-7,10-11H,2,8-9H2,1H3,(H2,20,21,23,28). The van der Waals surface area contributed by atoms with Crippen LogP contribution in [-0.4, -0.2) is 35.8 Å². The highest BCUT2D eigenvalue weighted by Crippen LogP contribution is 2.26. The molecule has 148 valence electrons. The van der Waals surface area contributed by atoms with Crippen molar-refractivity contribution < 1.29 is 19.2 Å². The number of nitro groups is 1. The molecule has 2 aromatic rings. The molecular formula is C18H18ClN3O5S. The summed E-state index contributed by atoms with van der Waals surface area (Å²) in [5.74, 6) is 0.0930. The number of nitro benzene ring substituents is 1. The molecule has 0 unspecified atom stereocenters. The molecule has 0 aliphatic heterocycles. The summed E-state index contributed by atoms with van der Waals surface area (Å²) in [6, 6.07) is 10.5. The second-order valence-corrected chi connectivity index (χ2v) is 6.22. The van der Waals surface area contributed by atoms with Crippen LogP contribution in [0, 0.1) is 10.1 Å². The van der Waals surface area contributed by atoms with Gasteiger partial charge in [-0.25, -0.2) is 0 Å². The zero-order chi connectivity index (χ0) is 20.5. The maximum absolute atomic E-state index is 12.4. The van der Waals surface area contributed by atoms with Crippen LogP contribution in [0.5, 0.6) is 5.75 Å². The van der Waals surface area contributed by atoms with Crippen LogP contribution in [-0.2, 0) is 4.74 Å². The van der Waals surface area contributed by atoms with Crippen molar-refractivity contribution in [2.24, 2.45) is 0 Å². The SMILES string of the molecule is CCOCCOc1cccc(C(=O)NC(=S)Nc2ccc([N+](=O)[O-])cc2Cl)c1. The maximum Gasteiger partial charge on any atom is 0.271 e. The number of nitrogens with zero attached hydrogens (tertiary/aromatic N) is 1. The van der Waals surface area contributed by atoms with E-state index >= 15 is 0 Å². The molecule has 8 nitrogen and oxygen atoms in total. The predicted octanol–water partition coefficient (Wildman–Crippen LogP) is 3.79. The molecule has 0 heterocycles. The summed E-state index contributed by atoms with van der Waals surface area (Å²) in [6.07, 6.45) is 0. The van der Waals surface area contributed by atoms with Gasteiger partial charge in [0.05, 0.1) is 22.2 Å². The Morgan fingerprint density at radius 1 is 1.25 bits per heavy atom. The summed E-state index contributed by atoms with van der Waals surface area (Å²) in [5, 5.41) is 16.1. The number of carbonyl (C=O) groups is 1. The number of carbonyl (C=O) groups excluding carboxylic acids is 1. The average Bonchev–Trinajstić information content (AvgIpc) is 2.67. The number of rotatable bonds is 8. The van der Waals surface area contributed by atoms with Crippen molar-refractivity contribution in [3.63, 3.8) is 0 Å². The number of thiocarbonyl (C=S) groups is 1. The van der Waals surface area contributed by atoms with E-state index in [-0.39, 0.29) is 15.8 Å². The van der Waals surface area contributed by atoms with Gasteiger partial charge in [-0.05, 0) is 43.4 Å². The van der Waals surface area contributed by atoms with E-state index in [0.29, 0.717) is 36.8 Å². The first kappa shape index (κ1) is 21.5. The topological polar surface area (TPSA) is 103 Å². The molecule has 0 spiro atoms. The van der Waals surface area contributed by atoms with Gasteiger partial charge in [0, 0.05) is 24.3 Å². The minimum atomic E-state index is -0.556. The van der Waals surface area contributed by atoms with E-state index in [1.54, 1.807) is 24.3 Å². The first-order valence-electron chi connectivity index (χ1n) is 8.27. The van der Waals surface area contributed by atoms with E-state index < -0.39 is 10.8 Å². The van der Waals surface area contributed by atoms with Crippen molar-refractivity contribution in [3.8, 4) is 5.75 Å². The Balaban J connectivity index is 1.95. The summed E-state index contributed by atoms with van der Waals surface area (Å²) in [5.41, 5.74) is 0.546. The molecule has 0 saturated heterocycles. The van der Waals surface area contributed by atoms with Crippen molar-refractivity contribution in [3.05, 3.63) is 63.2 Å². The summed E-state index contributed by atoms with van der Waals surface area (Å²) in [4.78, 5) is 22.5. The molecule has 28 heavy (non-hydrogen) atoms. The fourth-order valence-electron chi connectivity index (χ4n) is 2.14. The van der Waals surface area contributed by atoms with Crippen LogP contribution in [0.3, 0.4) is 0 Å². The van der Waals surface area contributed by atoms with Crippen LogP contribution in [0.1, 0.15) is 17.3 Å². The zero-order valence-corrected chi connectivity index (χ0v) is 16.5. The van der Waals surface area contributed by atoms with Gasteiger partial charge < -0.3 is 14.8 Å². The van der Waals surface area contributed by atoms with E-state index in [1.165, 1.54) is 18.2 Å². The first-order chi connectivity index (χ1) is 13.4. The van der Waals surface area contributed by atoms with Crippen molar-refractivity contribution in [1.29, 1.82) is 0 Å². The van der Waals surface area contributed by atoms with Gasteiger partial charge in [0.15, 0.2) is 5.11 Å². The lowest BCUT2D eigenvalue weighted by atomic mass is 10.2. The predicted molar refractivity (Wildman–Crippen MR) is 110 cm³/mol. The van der Waals surface area contributed by atoms with Crippen LogP contribution in [0.4, 0.5) is 11.4 Å². The van der Waals surface area contributed by atoms with Crippen molar-refractivity contribution in [2.45, 2.75) is 6.92 Å². The second-order valence-electron chi connectivity index (χ2n) is 5.40. The highest BCUT2D eigenvalue weighted by molar-refractivity contribution is 7.80. The van der Waals surface area contributed by atoms with Crippen LogP contribution in [0.2, 0.25) is 5.02 Å². The summed E-state index contributed by atoms with van der Waals surface area (Å²) in [7, 11) is 0. The van der Waals surface area contributed by atoms with Gasteiger partial charge in [-0.15, -0.1) is 0 Å². The lowest BCUT2D eigenvalue weighted by molar-refractivity contribution is -0.384. The van der Waals surface area contributed by atoms with Gasteiger partial charge >= 0.3 is 0 Å². The van der Waals surface area contributed by atoms with Crippen molar-refractivity contribution in [2.75, 3.05) is 25.1 Å². The molecular weight excluding hydrogens is 406 g/mol. The van der Waals surface area contributed by atoms with E-state index in [2.05, 4.69) is 10.6 Å². The van der Waals surface area contributed by atoms with Crippen molar-refractivity contribution in [1.82, 2.24) is 5.32 Å². The van der Waals surface area contributed by atoms with E-state index in [1.807, 2.05) is 6.92 Å². The van der Waals surface area contributed by atoms with Gasteiger partial charge in [-0.2, -0.15) is 0 Å². The number of non-ortho nitro benzene ring substituents is 1. The molecule has 0 bridgehead atoms. The van der Waals surface area contributed by atoms with E-state index in [0.717, 1.165) is 0 Å². The minimum Gasteiger partial charge on any atom is -0.491 e. The highest BCUT2D eigenvalue weighted by atomic mass is 35.5. The second kappa shape index (κ2) is 10.5. The molecule has 0 saturated carbocycles. The monoisotopic (exact) mass is 423 g/mol. The third-order valence-corrected chi connectivity index (χ3v) is 3.95. The number of ether oxygens (including phenoxy) is 2. The van der Waals surface area contributed by atoms with E-state index in [4.69, 9.17) is 33.3 Å². The fourth-order valence-corrected chi connectivity index (χ4v) is 2.56. The molecule has 2 aromatic carbocycles. The molecule has 0 aliphatic rings. The normalized spacial score (nSPS) is 10.2. The smallest absolute Gasteiger partial charge is 0.271 e. The number of halogens is 1. The number of anilines is 1. The molecule has 2 rings (SSSR count). The van der Waals surface area contributed by atoms with Crippen molar-refractivity contribution >= 4 is 46.2 Å². The van der Waals surface area contributed by atoms with Crippen LogP contribution >= 0.6 is 23.8 Å². The molecule has 1 amide bonds. The number of nitrogens with one attached hydrogen (secondary N) is 2. The van der Waals surface area contributed by atoms with Gasteiger partial charge in [0.25, 0.3) is 11.6 Å². The number of amides is 1. The molecule has 0 aliphatic carbocycles. The van der Waals surface area contributed by atoms with Crippen LogP contribution in [0.25, 0.3) is 0 Å². The maximum atomic E-state index is 12.4. The molecule has 0 atom stereocenters. The number of benzene rings is 2.